The van der Waals surface area contributed by atoms with Crippen LogP contribution in [0.3, 0.4) is 0 Å². The van der Waals surface area contributed by atoms with Crippen molar-refractivity contribution in [1.29, 1.82) is 0 Å². The number of hydrogen-bond donors (Lipinski definition) is 1. The molecule has 1 saturated heterocycles. The van der Waals surface area contributed by atoms with Gasteiger partial charge in [0, 0.05) is 18.8 Å². The van der Waals surface area contributed by atoms with Crippen LogP contribution in [0.1, 0.15) is 38.1 Å². The maximum absolute atomic E-state index is 12.9. The molecule has 2 aromatic heterocycles. The van der Waals surface area contributed by atoms with E-state index in [1.165, 1.54) is 5.56 Å². The zero-order chi connectivity index (χ0) is 19.8. The summed E-state index contributed by atoms with van der Waals surface area (Å²) >= 11 is 5.68. The molecular formula is C21H25N5OS. The summed E-state index contributed by atoms with van der Waals surface area (Å²) in [5, 5.41) is 0.370. The molecule has 0 unspecified atom stereocenters. The molecular weight excluding hydrogens is 370 g/mol. The average Bonchev–Trinajstić information content (AvgIpc) is 2.68. The van der Waals surface area contributed by atoms with Gasteiger partial charge in [-0.05, 0) is 49.8 Å². The SMILES string of the molecule is CCc1ccc(-n2c(C)nc3nc(N4CCC(C)CC4)[nH]c(=O)c3c2=S)cc1. The normalized spacial score (nSPS) is 15.3. The predicted octanol–water partition coefficient (Wildman–Crippen LogP) is 3.95. The second-order valence-electron chi connectivity index (χ2n) is 7.58. The fraction of sp³-hybridized carbons (Fsp3) is 0.429. The predicted molar refractivity (Wildman–Crippen MR) is 115 cm³/mol. The van der Waals surface area contributed by atoms with Crippen molar-refractivity contribution in [3.8, 4) is 5.69 Å². The second-order valence-corrected chi connectivity index (χ2v) is 7.96. The molecule has 0 atom stereocenters. The number of piperidine rings is 1. The highest BCUT2D eigenvalue weighted by Crippen LogP contribution is 2.22. The highest BCUT2D eigenvalue weighted by Gasteiger charge is 2.20. The quantitative estimate of drug-likeness (QED) is 0.680. The van der Waals surface area contributed by atoms with E-state index in [9.17, 15) is 4.79 Å². The van der Waals surface area contributed by atoms with Crippen molar-refractivity contribution < 1.29 is 0 Å². The number of aromatic nitrogens is 4. The second kappa shape index (κ2) is 7.47. The minimum Gasteiger partial charge on any atom is -0.342 e. The molecule has 4 rings (SSSR count). The van der Waals surface area contributed by atoms with Crippen LogP contribution >= 0.6 is 12.2 Å². The van der Waals surface area contributed by atoms with Crippen LogP contribution in [0.25, 0.3) is 16.7 Å². The number of rotatable bonds is 3. The number of H-pyrrole nitrogens is 1. The molecule has 3 heterocycles. The first-order chi connectivity index (χ1) is 13.5. The molecule has 0 radical (unpaired) electrons. The number of nitrogens with zero attached hydrogens (tertiary/aromatic N) is 4. The Balaban J connectivity index is 1.83. The van der Waals surface area contributed by atoms with Crippen LogP contribution in [-0.4, -0.2) is 32.6 Å². The summed E-state index contributed by atoms with van der Waals surface area (Å²) in [6, 6.07) is 8.17. The zero-order valence-electron chi connectivity index (χ0n) is 16.5. The summed E-state index contributed by atoms with van der Waals surface area (Å²) in [5.74, 6) is 2.02. The van der Waals surface area contributed by atoms with E-state index in [2.05, 4.69) is 45.8 Å². The number of benzene rings is 1. The van der Waals surface area contributed by atoms with Crippen LogP contribution in [0.4, 0.5) is 5.95 Å². The highest BCUT2D eigenvalue weighted by atomic mass is 32.1. The van der Waals surface area contributed by atoms with Gasteiger partial charge >= 0.3 is 0 Å². The third-order valence-corrected chi connectivity index (χ3v) is 5.97. The van der Waals surface area contributed by atoms with E-state index in [1.54, 1.807) is 0 Å². The van der Waals surface area contributed by atoms with E-state index < -0.39 is 0 Å². The van der Waals surface area contributed by atoms with Crippen LogP contribution < -0.4 is 10.5 Å². The Morgan fingerprint density at radius 1 is 1.18 bits per heavy atom. The third kappa shape index (κ3) is 3.35. The lowest BCUT2D eigenvalue weighted by Crippen LogP contribution is -2.35. The molecule has 1 fully saturated rings. The summed E-state index contributed by atoms with van der Waals surface area (Å²) < 4.78 is 2.29. The van der Waals surface area contributed by atoms with E-state index >= 15 is 0 Å². The summed E-state index contributed by atoms with van der Waals surface area (Å²) in [7, 11) is 0. The third-order valence-electron chi connectivity index (χ3n) is 5.58. The highest BCUT2D eigenvalue weighted by molar-refractivity contribution is 7.71. The van der Waals surface area contributed by atoms with Gasteiger partial charge in [0.15, 0.2) is 5.65 Å². The average molecular weight is 396 g/mol. The topological polar surface area (TPSA) is 66.8 Å². The molecule has 0 amide bonds. The Kier molecular flexibility index (Phi) is 5.02. The maximum atomic E-state index is 12.9. The van der Waals surface area contributed by atoms with Crippen LogP contribution in [0.2, 0.25) is 0 Å². The van der Waals surface area contributed by atoms with Gasteiger partial charge in [-0.3, -0.25) is 14.3 Å². The van der Waals surface area contributed by atoms with Gasteiger partial charge in [-0.2, -0.15) is 4.98 Å². The molecule has 0 bridgehead atoms. The van der Waals surface area contributed by atoms with Gasteiger partial charge < -0.3 is 4.90 Å². The molecule has 0 saturated carbocycles. The molecule has 3 aromatic rings. The van der Waals surface area contributed by atoms with Crippen molar-refractivity contribution in [2.75, 3.05) is 18.0 Å². The van der Waals surface area contributed by atoms with Crippen molar-refractivity contribution in [3.05, 3.63) is 50.6 Å². The summed E-state index contributed by atoms with van der Waals surface area (Å²) in [5.41, 5.74) is 2.35. The lowest BCUT2D eigenvalue weighted by atomic mass is 10.00. The van der Waals surface area contributed by atoms with Crippen LogP contribution in [-0.2, 0) is 6.42 Å². The van der Waals surface area contributed by atoms with Gasteiger partial charge in [-0.25, -0.2) is 4.98 Å². The van der Waals surface area contributed by atoms with E-state index in [1.807, 2.05) is 23.6 Å². The first kappa shape index (κ1) is 18.8. The lowest BCUT2D eigenvalue weighted by molar-refractivity contribution is 0.434. The van der Waals surface area contributed by atoms with Crippen molar-refractivity contribution in [2.45, 2.75) is 40.0 Å². The van der Waals surface area contributed by atoms with Gasteiger partial charge in [-0.15, -0.1) is 0 Å². The van der Waals surface area contributed by atoms with Crippen LogP contribution in [0.5, 0.6) is 0 Å². The van der Waals surface area contributed by atoms with E-state index in [0.29, 0.717) is 27.5 Å². The lowest BCUT2D eigenvalue weighted by Gasteiger charge is -2.30. The van der Waals surface area contributed by atoms with Gasteiger partial charge in [0.1, 0.15) is 15.9 Å². The molecule has 28 heavy (non-hydrogen) atoms. The van der Waals surface area contributed by atoms with Crippen molar-refractivity contribution >= 4 is 29.2 Å². The first-order valence-electron chi connectivity index (χ1n) is 9.86. The number of nitrogens with one attached hydrogen (secondary N) is 1. The minimum absolute atomic E-state index is 0.227. The van der Waals surface area contributed by atoms with Crippen LogP contribution in [0.15, 0.2) is 29.1 Å². The number of hydrogen-bond acceptors (Lipinski definition) is 5. The molecule has 1 aromatic carbocycles. The Morgan fingerprint density at radius 2 is 1.86 bits per heavy atom. The molecule has 1 N–H and O–H groups in total. The van der Waals surface area contributed by atoms with Crippen LogP contribution in [0, 0.1) is 17.5 Å². The number of aryl methyl sites for hydroxylation is 2. The summed E-state index contributed by atoms with van der Waals surface area (Å²) in [6.07, 6.45) is 3.17. The van der Waals surface area contributed by atoms with E-state index in [4.69, 9.17) is 12.2 Å². The Morgan fingerprint density at radius 3 is 2.50 bits per heavy atom. The molecule has 0 spiro atoms. The van der Waals surface area contributed by atoms with Gasteiger partial charge in [-0.1, -0.05) is 38.2 Å². The van der Waals surface area contributed by atoms with Crippen molar-refractivity contribution in [2.24, 2.45) is 5.92 Å². The van der Waals surface area contributed by atoms with E-state index in [0.717, 1.165) is 43.9 Å². The zero-order valence-corrected chi connectivity index (χ0v) is 17.3. The summed E-state index contributed by atoms with van der Waals surface area (Å²) in [6.45, 7) is 8.06. The van der Waals surface area contributed by atoms with Gasteiger partial charge in [0.05, 0.1) is 0 Å². The van der Waals surface area contributed by atoms with Gasteiger partial charge in [0.25, 0.3) is 5.56 Å². The fourth-order valence-corrected chi connectivity index (χ4v) is 4.16. The molecule has 0 aliphatic carbocycles. The number of fused-ring (bicyclic) bond motifs is 1. The molecule has 146 valence electrons. The Bertz CT molecular complexity index is 1120. The van der Waals surface area contributed by atoms with Crippen molar-refractivity contribution in [1.82, 2.24) is 19.5 Å². The van der Waals surface area contributed by atoms with Gasteiger partial charge in [0.2, 0.25) is 5.95 Å². The first-order valence-corrected chi connectivity index (χ1v) is 10.3. The van der Waals surface area contributed by atoms with E-state index in [-0.39, 0.29) is 5.56 Å². The Hall–Kier alpha value is -2.54. The fourth-order valence-electron chi connectivity index (χ4n) is 3.74. The van der Waals surface area contributed by atoms with Crippen molar-refractivity contribution in [3.63, 3.8) is 0 Å². The largest absolute Gasteiger partial charge is 0.342 e. The maximum Gasteiger partial charge on any atom is 0.264 e. The smallest absolute Gasteiger partial charge is 0.264 e. The summed E-state index contributed by atoms with van der Waals surface area (Å²) in [4.78, 5) is 27.2. The standard InChI is InChI=1S/C21H25N5OS/c1-4-15-5-7-16(8-6-15)26-14(3)22-18-17(20(26)28)19(27)24-21(23-18)25-11-9-13(2)10-12-25/h5-8,13H,4,9-12H2,1-3H3,(H,23,24,27). The minimum atomic E-state index is -0.227. The monoisotopic (exact) mass is 395 g/mol. The number of anilines is 1. The molecule has 6 nitrogen and oxygen atoms in total. The Labute approximate surface area is 169 Å². The molecule has 1 aliphatic rings. The molecule has 7 heteroatoms. The molecule has 1 aliphatic heterocycles. The number of aromatic amines is 1.